The maximum atomic E-state index is 11.0. The molecule has 0 saturated heterocycles. The topological polar surface area (TPSA) is 101 Å². The van der Waals surface area contributed by atoms with Gasteiger partial charge in [-0.15, -0.1) is 0 Å². The van der Waals surface area contributed by atoms with E-state index in [4.69, 9.17) is 4.99 Å². The van der Waals surface area contributed by atoms with Gasteiger partial charge in [0.05, 0.1) is 17.6 Å². The van der Waals surface area contributed by atoms with Crippen molar-refractivity contribution in [3.05, 3.63) is 72.4 Å². The summed E-state index contributed by atoms with van der Waals surface area (Å²) in [7, 11) is 0. The average Bonchev–Trinajstić information content (AvgIpc) is 3.33. The molecule has 3 aliphatic rings. The largest absolute Gasteiger partial charge is 0.396 e. The molecule has 2 aliphatic heterocycles. The highest BCUT2D eigenvalue weighted by molar-refractivity contribution is 6.09. The number of fused-ring (bicyclic) bond motifs is 1. The Morgan fingerprint density at radius 3 is 2.41 bits per heavy atom. The van der Waals surface area contributed by atoms with E-state index in [-0.39, 0.29) is 24.6 Å². The summed E-state index contributed by atoms with van der Waals surface area (Å²) in [4.78, 5) is 11.4. The van der Waals surface area contributed by atoms with E-state index >= 15 is 0 Å². The maximum Gasteiger partial charge on any atom is 0.137 e. The second-order valence-corrected chi connectivity index (χ2v) is 8.96. The van der Waals surface area contributed by atoms with Crippen LogP contribution in [0.4, 0.5) is 5.69 Å². The second kappa shape index (κ2) is 8.16. The van der Waals surface area contributed by atoms with Gasteiger partial charge >= 0.3 is 0 Å². The van der Waals surface area contributed by atoms with Crippen LogP contribution in [0, 0.1) is 11.8 Å². The highest BCUT2D eigenvalue weighted by Gasteiger charge is 2.57. The van der Waals surface area contributed by atoms with Crippen LogP contribution >= 0.6 is 0 Å². The highest BCUT2D eigenvalue weighted by Crippen LogP contribution is 2.48. The first-order chi connectivity index (χ1) is 15.5. The van der Waals surface area contributed by atoms with E-state index in [1.807, 2.05) is 61.7 Å². The number of hydrogen-bond acceptors (Lipinski definition) is 7. The molecule has 1 fully saturated rings. The highest BCUT2D eigenvalue weighted by atomic mass is 16.3. The fraction of sp³-hybridized carbons (Fsp3) is 0.360. The quantitative estimate of drug-likeness (QED) is 0.594. The van der Waals surface area contributed by atoms with Gasteiger partial charge in [-0.2, -0.15) is 0 Å². The number of para-hydroxylation sites is 1. The number of aliphatic hydroxyl groups is 3. The lowest BCUT2D eigenvalue weighted by molar-refractivity contribution is -0.0467. The predicted octanol–water partition coefficient (Wildman–Crippen LogP) is 2.33. The molecule has 6 atom stereocenters. The lowest BCUT2D eigenvalue weighted by Gasteiger charge is -2.43. The minimum absolute atomic E-state index is 0.169. The summed E-state index contributed by atoms with van der Waals surface area (Å²) < 4.78 is 0. The van der Waals surface area contributed by atoms with E-state index in [2.05, 4.69) is 27.3 Å². The van der Waals surface area contributed by atoms with Crippen molar-refractivity contribution in [2.24, 2.45) is 21.8 Å². The third-order valence-corrected chi connectivity index (χ3v) is 7.00. The van der Waals surface area contributed by atoms with Crippen LogP contribution in [0.3, 0.4) is 0 Å². The molecule has 0 radical (unpaired) electrons. The number of aliphatic hydroxyl groups excluding tert-OH is 3. The van der Waals surface area contributed by atoms with Gasteiger partial charge in [0.2, 0.25) is 0 Å². The maximum absolute atomic E-state index is 11.0. The van der Waals surface area contributed by atoms with E-state index in [1.54, 1.807) is 6.34 Å². The summed E-state index contributed by atoms with van der Waals surface area (Å²) >= 11 is 0. The van der Waals surface area contributed by atoms with Crippen LogP contribution in [0.15, 0.2) is 76.8 Å². The van der Waals surface area contributed by atoms with Crippen molar-refractivity contribution in [2.45, 2.75) is 37.3 Å². The Morgan fingerprint density at radius 2 is 1.75 bits per heavy atom. The van der Waals surface area contributed by atoms with Gasteiger partial charge in [0, 0.05) is 24.4 Å². The summed E-state index contributed by atoms with van der Waals surface area (Å²) in [5, 5.41) is 34.7. The Kier molecular flexibility index (Phi) is 5.33. The average molecular weight is 433 g/mol. The normalized spacial score (nSPS) is 33.6. The van der Waals surface area contributed by atoms with Gasteiger partial charge in [-0.25, -0.2) is 9.98 Å². The van der Waals surface area contributed by atoms with Gasteiger partial charge < -0.3 is 25.5 Å². The number of hydrogen-bond donors (Lipinski definition) is 4. The zero-order chi connectivity index (χ0) is 22.3. The number of nitrogens with zero attached hydrogens (tertiary/aromatic N) is 3. The number of aliphatic imine (C=N–C) groups is 2. The van der Waals surface area contributed by atoms with Gasteiger partial charge in [0.1, 0.15) is 24.4 Å². The van der Waals surface area contributed by atoms with Gasteiger partial charge in [-0.05, 0) is 36.6 Å². The standard InChI is InChI=1S/C25H28N4O3/c1-25(12-17(14-30)21(31)22(25)32)29-13-19(16-8-4-2-5-9-16)20-23(26-15-27-24(20)29)28-18-10-6-3-7-11-18/h2-11,13,15,17,20-22,24,30-32H,12,14H2,1H3,(H,26,27,28)/t17-,20?,21?,22?,24?,25-/m1/s1. The second-order valence-electron chi connectivity index (χ2n) is 8.96. The van der Waals surface area contributed by atoms with Crippen molar-refractivity contribution in [3.63, 3.8) is 0 Å². The smallest absolute Gasteiger partial charge is 0.137 e. The molecule has 4 unspecified atom stereocenters. The summed E-state index contributed by atoms with van der Waals surface area (Å²) in [6.07, 6.45) is 1.75. The third kappa shape index (κ3) is 3.33. The van der Waals surface area contributed by atoms with Crippen LogP contribution in [-0.2, 0) is 0 Å². The first-order valence-corrected chi connectivity index (χ1v) is 11.0. The zero-order valence-electron chi connectivity index (χ0n) is 17.9. The third-order valence-electron chi connectivity index (χ3n) is 7.00. The number of benzene rings is 2. The van der Waals surface area contributed by atoms with Gasteiger partial charge in [0.25, 0.3) is 0 Å². The molecular weight excluding hydrogens is 404 g/mol. The monoisotopic (exact) mass is 432 g/mol. The van der Waals surface area contributed by atoms with E-state index in [0.717, 1.165) is 22.7 Å². The fourth-order valence-corrected chi connectivity index (χ4v) is 5.26. The van der Waals surface area contributed by atoms with Crippen LogP contribution in [0.5, 0.6) is 0 Å². The zero-order valence-corrected chi connectivity index (χ0v) is 17.9. The van der Waals surface area contributed by atoms with Crippen molar-refractivity contribution in [2.75, 3.05) is 11.9 Å². The summed E-state index contributed by atoms with van der Waals surface area (Å²) in [6, 6.07) is 20.0. The van der Waals surface area contributed by atoms with Crippen molar-refractivity contribution in [3.8, 4) is 0 Å². The van der Waals surface area contributed by atoms with Crippen LogP contribution in [-0.4, -0.2) is 62.9 Å². The lowest BCUT2D eigenvalue weighted by Crippen LogP contribution is -2.55. The molecule has 2 aromatic rings. The fourth-order valence-electron chi connectivity index (χ4n) is 5.26. The molecule has 7 nitrogen and oxygen atoms in total. The Morgan fingerprint density at radius 1 is 1.06 bits per heavy atom. The number of amidine groups is 1. The number of anilines is 1. The Hall–Kier alpha value is -3.00. The molecule has 5 rings (SSSR count). The molecule has 1 saturated carbocycles. The number of rotatable bonds is 4. The van der Waals surface area contributed by atoms with E-state index in [0.29, 0.717) is 6.42 Å². The molecule has 0 amide bonds. The number of nitrogens with one attached hydrogen (secondary N) is 1. The lowest BCUT2D eigenvalue weighted by atomic mass is 9.90. The minimum atomic E-state index is -1.01. The molecule has 4 N–H and O–H groups in total. The molecule has 7 heteroatoms. The Bertz CT molecular complexity index is 1060. The summed E-state index contributed by atoms with van der Waals surface area (Å²) in [5.41, 5.74) is 2.26. The van der Waals surface area contributed by atoms with Crippen molar-refractivity contribution >= 4 is 23.4 Å². The first-order valence-electron chi connectivity index (χ1n) is 11.0. The SMILES string of the molecule is C[C@@]1(N2C=C(c3ccccc3)C3C(Nc4ccccc4)=NC=NC32)C[C@H](CO)C(O)C1O. The summed E-state index contributed by atoms with van der Waals surface area (Å²) in [5.74, 6) is 0.229. The molecule has 32 heavy (non-hydrogen) atoms. The van der Waals surface area contributed by atoms with Crippen molar-refractivity contribution in [1.29, 1.82) is 0 Å². The van der Waals surface area contributed by atoms with E-state index in [1.165, 1.54) is 0 Å². The Labute approximate surface area is 187 Å². The summed E-state index contributed by atoms with van der Waals surface area (Å²) in [6.45, 7) is 1.76. The van der Waals surface area contributed by atoms with E-state index < -0.39 is 17.7 Å². The molecule has 1 aliphatic carbocycles. The molecular formula is C25H28N4O3. The molecule has 0 spiro atoms. The molecule has 0 bridgehead atoms. The molecule has 0 aromatic heterocycles. The van der Waals surface area contributed by atoms with Crippen LogP contribution < -0.4 is 5.32 Å². The van der Waals surface area contributed by atoms with Gasteiger partial charge in [-0.3, -0.25) is 0 Å². The van der Waals surface area contributed by atoms with Gasteiger partial charge in [-0.1, -0.05) is 48.5 Å². The van der Waals surface area contributed by atoms with Crippen LogP contribution in [0.2, 0.25) is 0 Å². The molecule has 2 heterocycles. The first kappa shape index (κ1) is 20.9. The Balaban J connectivity index is 1.56. The molecule has 166 valence electrons. The minimum Gasteiger partial charge on any atom is -0.396 e. The predicted molar refractivity (Wildman–Crippen MR) is 125 cm³/mol. The van der Waals surface area contributed by atoms with Crippen LogP contribution in [0.1, 0.15) is 18.9 Å². The van der Waals surface area contributed by atoms with Crippen LogP contribution in [0.25, 0.3) is 5.57 Å². The van der Waals surface area contributed by atoms with E-state index in [9.17, 15) is 15.3 Å². The van der Waals surface area contributed by atoms with Gasteiger partial charge in [0.15, 0.2) is 0 Å². The van der Waals surface area contributed by atoms with Crippen molar-refractivity contribution in [1.82, 2.24) is 4.90 Å². The molecule has 2 aromatic carbocycles. The van der Waals surface area contributed by atoms with Crippen molar-refractivity contribution < 1.29 is 15.3 Å².